The standard InChI is InChI=1S/C29H41FN2O4.C15H20FNO3.C14H21NO/c1-28(2,3)17-20-10-11-26-22(15-20)23(12-13-35-26)31-18-25(33)24(32-27(34)36-29(4,5)6)16-19-8-7-9-21(30)14-19;1-15(2,3)20-14(18)17-12(13-9-19-13)8-10-5-4-6-11(16)7-10;1-14(2,3)9-10-4-5-13-11(8-10)12(15)6-7-16-13/h7-11,14-15,23-25,31,33H,12-13,16-18H2,1-6H3,(H,32,34);4-7,12-13H,8-9H2,1-3H3,(H,17,18);4-5,8,12H,6-7,9,15H2,1-3H3/t;;12-/m..0/s1. The summed E-state index contributed by atoms with van der Waals surface area (Å²) < 4.78 is 54.3. The fourth-order valence-electron chi connectivity index (χ4n) is 8.58. The lowest BCUT2D eigenvalue weighted by Gasteiger charge is -2.31. The molecule has 1 saturated heterocycles. The normalized spacial score (nSPS) is 18.6. The lowest BCUT2D eigenvalue weighted by atomic mass is 9.86. The van der Waals surface area contributed by atoms with Gasteiger partial charge in [0, 0.05) is 42.6 Å². The molecule has 3 aliphatic heterocycles. The van der Waals surface area contributed by atoms with Gasteiger partial charge in [-0.1, -0.05) is 90.1 Å². The van der Waals surface area contributed by atoms with Crippen LogP contribution in [0.1, 0.15) is 141 Å². The number of halogens is 2. The second kappa shape index (κ2) is 25.1. The van der Waals surface area contributed by atoms with Crippen molar-refractivity contribution in [3.05, 3.63) is 130 Å². The number of amides is 2. The van der Waals surface area contributed by atoms with Crippen LogP contribution in [0.2, 0.25) is 0 Å². The van der Waals surface area contributed by atoms with Crippen molar-refractivity contribution in [2.45, 2.75) is 169 Å². The molecule has 0 bridgehead atoms. The minimum absolute atomic E-state index is 0.0136. The average Bonchev–Trinajstić information content (AvgIpc) is 4.10. The summed E-state index contributed by atoms with van der Waals surface area (Å²) in [4.78, 5) is 24.3. The molecule has 12 nitrogen and oxygen atoms in total. The van der Waals surface area contributed by atoms with E-state index in [2.05, 4.69) is 87.8 Å². The minimum Gasteiger partial charge on any atom is -0.493 e. The van der Waals surface area contributed by atoms with Crippen LogP contribution in [-0.2, 0) is 39.9 Å². The molecular formula is C58H82F2N4O8. The van der Waals surface area contributed by atoms with Crippen molar-refractivity contribution >= 4 is 12.2 Å². The largest absolute Gasteiger partial charge is 0.493 e. The number of epoxide rings is 1. The maximum absolute atomic E-state index is 13.8. The number of hydrogen-bond donors (Lipinski definition) is 5. The Hall–Kier alpha value is -5.28. The zero-order valence-electron chi connectivity index (χ0n) is 44.8. The number of hydrogen-bond acceptors (Lipinski definition) is 10. The van der Waals surface area contributed by atoms with Gasteiger partial charge < -0.3 is 50.5 Å². The first-order chi connectivity index (χ1) is 33.6. The Balaban J connectivity index is 0.000000223. The number of carbonyl (C=O) groups excluding carboxylic acids is 2. The van der Waals surface area contributed by atoms with Gasteiger partial charge in [-0.05, 0) is 137 Å². The fraction of sp³-hybridized carbons (Fsp3) is 0.552. The van der Waals surface area contributed by atoms with Gasteiger partial charge in [-0.3, -0.25) is 0 Å². The van der Waals surface area contributed by atoms with Gasteiger partial charge in [0.05, 0.1) is 38.0 Å². The predicted octanol–water partition coefficient (Wildman–Crippen LogP) is 11.0. The molecule has 6 atom stereocenters. The van der Waals surface area contributed by atoms with E-state index in [4.69, 9.17) is 29.4 Å². The van der Waals surface area contributed by atoms with Crippen molar-refractivity contribution in [3.63, 3.8) is 0 Å². The topological polar surface area (TPSA) is 166 Å². The van der Waals surface area contributed by atoms with Crippen LogP contribution in [0.15, 0.2) is 84.9 Å². The van der Waals surface area contributed by atoms with Crippen LogP contribution in [0.25, 0.3) is 0 Å². The molecule has 6 N–H and O–H groups in total. The first-order valence-corrected chi connectivity index (χ1v) is 25.4. The number of nitrogens with two attached hydrogens (primary N) is 1. The summed E-state index contributed by atoms with van der Waals surface area (Å²) in [5.41, 5.74) is 11.7. The van der Waals surface area contributed by atoms with Gasteiger partial charge in [0.25, 0.3) is 0 Å². The van der Waals surface area contributed by atoms with Crippen molar-refractivity contribution in [1.29, 1.82) is 0 Å². The van der Waals surface area contributed by atoms with E-state index in [1.165, 1.54) is 41.0 Å². The molecule has 3 heterocycles. The highest BCUT2D eigenvalue weighted by Gasteiger charge is 2.35. The van der Waals surface area contributed by atoms with Crippen LogP contribution in [0.3, 0.4) is 0 Å². The van der Waals surface area contributed by atoms with E-state index in [0.717, 1.165) is 54.9 Å². The van der Waals surface area contributed by atoms with Crippen LogP contribution in [-0.4, -0.2) is 79.2 Å². The maximum atomic E-state index is 13.8. The third kappa shape index (κ3) is 20.7. The Morgan fingerprint density at radius 3 is 1.65 bits per heavy atom. The molecule has 7 rings (SSSR count). The summed E-state index contributed by atoms with van der Waals surface area (Å²) >= 11 is 0. The zero-order chi connectivity index (χ0) is 53.0. The third-order valence-electron chi connectivity index (χ3n) is 11.7. The van der Waals surface area contributed by atoms with E-state index in [1.54, 1.807) is 39.0 Å². The van der Waals surface area contributed by atoms with Gasteiger partial charge in [0.2, 0.25) is 0 Å². The van der Waals surface area contributed by atoms with Gasteiger partial charge in [-0.15, -0.1) is 0 Å². The summed E-state index contributed by atoms with van der Waals surface area (Å²) in [6, 6.07) is 24.6. The van der Waals surface area contributed by atoms with E-state index in [-0.39, 0.29) is 54.2 Å². The van der Waals surface area contributed by atoms with E-state index in [9.17, 15) is 23.5 Å². The van der Waals surface area contributed by atoms with Crippen molar-refractivity contribution in [2.24, 2.45) is 16.6 Å². The Morgan fingerprint density at radius 2 is 1.15 bits per heavy atom. The van der Waals surface area contributed by atoms with Crippen molar-refractivity contribution in [3.8, 4) is 11.5 Å². The number of carbonyl (C=O) groups is 2. The van der Waals surface area contributed by atoms with Crippen LogP contribution < -0.4 is 31.2 Å². The molecule has 14 heteroatoms. The zero-order valence-corrected chi connectivity index (χ0v) is 44.8. The molecule has 0 aromatic heterocycles. The molecule has 4 aromatic rings. The number of ether oxygens (including phenoxy) is 5. The number of aliphatic hydroxyl groups excluding tert-OH is 1. The summed E-state index contributed by atoms with van der Waals surface area (Å²) in [5.74, 6) is 1.18. The molecule has 2 amide bonds. The van der Waals surface area contributed by atoms with E-state index < -0.39 is 35.5 Å². The van der Waals surface area contributed by atoms with Crippen LogP contribution >= 0.6 is 0 Å². The predicted molar refractivity (Wildman–Crippen MR) is 279 cm³/mol. The van der Waals surface area contributed by atoms with Crippen molar-refractivity contribution < 1.29 is 47.2 Å². The molecule has 0 spiro atoms. The Morgan fingerprint density at radius 1 is 0.667 bits per heavy atom. The molecule has 5 unspecified atom stereocenters. The first kappa shape index (κ1) is 57.6. The van der Waals surface area contributed by atoms with Gasteiger partial charge in [-0.25, -0.2) is 18.4 Å². The maximum Gasteiger partial charge on any atom is 0.407 e. The van der Waals surface area contributed by atoms with Crippen LogP contribution in [0.5, 0.6) is 11.5 Å². The molecule has 396 valence electrons. The third-order valence-corrected chi connectivity index (χ3v) is 11.7. The minimum atomic E-state index is -0.926. The monoisotopic (exact) mass is 1000 g/mol. The van der Waals surface area contributed by atoms with Gasteiger partial charge in [0.15, 0.2) is 0 Å². The molecule has 4 aromatic carbocycles. The fourth-order valence-corrected chi connectivity index (χ4v) is 8.58. The highest BCUT2D eigenvalue weighted by Crippen LogP contribution is 2.35. The molecule has 0 saturated carbocycles. The van der Waals surface area contributed by atoms with Gasteiger partial charge in [-0.2, -0.15) is 0 Å². The van der Waals surface area contributed by atoms with Gasteiger partial charge >= 0.3 is 12.2 Å². The highest BCUT2D eigenvalue weighted by molar-refractivity contribution is 5.68. The number of benzene rings is 4. The molecule has 72 heavy (non-hydrogen) atoms. The number of nitrogens with one attached hydrogen (secondary N) is 3. The Bertz CT molecular complexity index is 2380. The average molecular weight is 1000 g/mol. The Labute approximate surface area is 427 Å². The lowest BCUT2D eigenvalue weighted by molar-refractivity contribution is 0.0417. The Kier molecular flexibility index (Phi) is 20.1. The van der Waals surface area contributed by atoms with Crippen molar-refractivity contribution in [2.75, 3.05) is 26.4 Å². The van der Waals surface area contributed by atoms with Crippen LogP contribution in [0, 0.1) is 22.5 Å². The highest BCUT2D eigenvalue weighted by atomic mass is 19.1. The number of alkyl carbamates (subject to hydrolysis) is 2. The second-order valence-electron chi connectivity index (χ2n) is 23.7. The van der Waals surface area contributed by atoms with E-state index >= 15 is 0 Å². The lowest BCUT2D eigenvalue weighted by Crippen LogP contribution is -2.50. The van der Waals surface area contributed by atoms with Crippen molar-refractivity contribution in [1.82, 2.24) is 16.0 Å². The molecule has 0 radical (unpaired) electrons. The van der Waals surface area contributed by atoms with Gasteiger partial charge in [0.1, 0.15) is 40.4 Å². The number of rotatable bonds is 13. The van der Waals surface area contributed by atoms with Crippen LogP contribution in [0.4, 0.5) is 18.4 Å². The summed E-state index contributed by atoms with van der Waals surface area (Å²) in [5, 5.41) is 20.2. The summed E-state index contributed by atoms with van der Waals surface area (Å²) in [6.07, 6.45) is 2.45. The summed E-state index contributed by atoms with van der Waals surface area (Å²) in [6.45, 7) is 26.3. The number of aliphatic hydroxyl groups is 1. The summed E-state index contributed by atoms with van der Waals surface area (Å²) in [7, 11) is 0. The van der Waals surface area contributed by atoms with E-state index in [1.807, 2.05) is 32.9 Å². The smallest absolute Gasteiger partial charge is 0.407 e. The first-order valence-electron chi connectivity index (χ1n) is 25.4. The molecule has 1 fully saturated rings. The molecular weight excluding hydrogens is 919 g/mol. The SMILES string of the molecule is CC(C)(C)Cc1ccc2c(c1)C(NCC(O)C(Cc1cccc(F)c1)NC(=O)OC(C)(C)C)CCO2.CC(C)(C)Cc1ccc2c(c1)[C@@H](N)CCO2.CC(C)(C)OC(=O)NC(Cc1cccc(F)c1)C1CO1. The quantitative estimate of drug-likeness (QED) is 0.0814. The van der Waals surface area contributed by atoms with E-state index in [0.29, 0.717) is 30.6 Å². The second-order valence-corrected chi connectivity index (χ2v) is 23.7. The molecule has 0 aliphatic carbocycles. The molecule has 3 aliphatic rings. The number of fused-ring (bicyclic) bond motifs is 2.